The Morgan fingerprint density at radius 1 is 1.11 bits per heavy atom. The van der Waals surface area contributed by atoms with Crippen LogP contribution in [-0.2, 0) is 7.05 Å². The predicted molar refractivity (Wildman–Crippen MR) is 82.6 cm³/mol. The van der Waals surface area contributed by atoms with Gasteiger partial charge in [0, 0.05) is 12.8 Å². The van der Waals surface area contributed by atoms with Crippen molar-refractivity contribution in [3.63, 3.8) is 0 Å². The summed E-state index contributed by atoms with van der Waals surface area (Å²) in [5, 5.41) is 11.0. The Morgan fingerprint density at radius 3 is 2.47 bits per heavy atom. The quantitative estimate of drug-likeness (QED) is 0.476. The topological polar surface area (TPSA) is 29.6 Å². The fourth-order valence-corrected chi connectivity index (χ4v) is 3.05. The molecule has 2 aromatic carbocycles. The van der Waals surface area contributed by atoms with Gasteiger partial charge in [-0.2, -0.15) is 5.10 Å². The SMILES string of the molecule is CC(C)=NN=c1sc2cc3ccccc3cc2n1C. The Kier molecular flexibility index (Phi) is 2.95. The summed E-state index contributed by atoms with van der Waals surface area (Å²) in [6, 6.07) is 12.8. The van der Waals surface area contributed by atoms with Crippen molar-refractivity contribution in [3.05, 3.63) is 41.2 Å². The van der Waals surface area contributed by atoms with Crippen LogP contribution >= 0.6 is 11.3 Å². The van der Waals surface area contributed by atoms with Crippen molar-refractivity contribution in [2.24, 2.45) is 17.3 Å². The van der Waals surface area contributed by atoms with Crippen molar-refractivity contribution in [2.75, 3.05) is 0 Å². The van der Waals surface area contributed by atoms with E-state index >= 15 is 0 Å². The number of thiazole rings is 1. The maximum atomic E-state index is 4.30. The summed E-state index contributed by atoms with van der Waals surface area (Å²) in [5.74, 6) is 0. The minimum absolute atomic E-state index is 0.923. The molecule has 3 nitrogen and oxygen atoms in total. The third-order valence-corrected chi connectivity index (χ3v) is 4.10. The van der Waals surface area contributed by atoms with E-state index in [1.54, 1.807) is 11.3 Å². The lowest BCUT2D eigenvalue weighted by Gasteiger charge is -1.99. The average Bonchev–Trinajstić information content (AvgIpc) is 2.70. The highest BCUT2D eigenvalue weighted by molar-refractivity contribution is 7.16. The molecular weight excluding hydrogens is 254 g/mol. The third-order valence-electron chi connectivity index (χ3n) is 3.01. The molecule has 0 unspecified atom stereocenters. The van der Waals surface area contributed by atoms with E-state index in [0.29, 0.717) is 0 Å². The first-order chi connectivity index (χ1) is 9.15. The summed E-state index contributed by atoms with van der Waals surface area (Å²) >= 11 is 1.67. The minimum Gasteiger partial charge on any atom is -0.318 e. The van der Waals surface area contributed by atoms with E-state index in [2.05, 4.69) is 51.2 Å². The summed E-state index contributed by atoms with van der Waals surface area (Å²) in [4.78, 5) is 0.923. The largest absolute Gasteiger partial charge is 0.318 e. The molecule has 1 heterocycles. The van der Waals surface area contributed by atoms with Crippen LogP contribution in [0, 0.1) is 0 Å². The van der Waals surface area contributed by atoms with E-state index in [0.717, 1.165) is 10.5 Å². The van der Waals surface area contributed by atoms with Crippen molar-refractivity contribution >= 4 is 38.0 Å². The first-order valence-electron chi connectivity index (χ1n) is 6.18. The lowest BCUT2D eigenvalue weighted by Crippen LogP contribution is -2.09. The molecule has 0 fully saturated rings. The maximum Gasteiger partial charge on any atom is 0.211 e. The number of benzene rings is 2. The molecule has 0 radical (unpaired) electrons. The van der Waals surface area contributed by atoms with Gasteiger partial charge in [0.2, 0.25) is 4.80 Å². The molecule has 4 heteroatoms. The van der Waals surface area contributed by atoms with E-state index < -0.39 is 0 Å². The molecule has 0 spiro atoms. The normalized spacial score (nSPS) is 12.3. The zero-order valence-corrected chi connectivity index (χ0v) is 12.0. The molecule has 0 aliphatic rings. The Morgan fingerprint density at radius 2 is 1.79 bits per heavy atom. The van der Waals surface area contributed by atoms with Gasteiger partial charge in [0.05, 0.1) is 10.2 Å². The molecule has 0 atom stereocenters. The number of hydrogen-bond donors (Lipinski definition) is 0. The lowest BCUT2D eigenvalue weighted by molar-refractivity contribution is 0.888. The molecule has 0 aliphatic carbocycles. The number of hydrogen-bond acceptors (Lipinski definition) is 3. The van der Waals surface area contributed by atoms with Crippen LogP contribution in [0.25, 0.3) is 21.0 Å². The van der Waals surface area contributed by atoms with E-state index in [1.807, 2.05) is 20.9 Å². The molecular formula is C15H15N3S. The molecule has 0 aliphatic heterocycles. The minimum atomic E-state index is 0.923. The van der Waals surface area contributed by atoms with Gasteiger partial charge >= 0.3 is 0 Å². The number of nitrogens with zero attached hydrogens (tertiary/aromatic N) is 3. The van der Waals surface area contributed by atoms with Crippen LogP contribution in [0.1, 0.15) is 13.8 Å². The van der Waals surface area contributed by atoms with Gasteiger partial charge in [-0.3, -0.25) is 0 Å². The maximum absolute atomic E-state index is 4.30. The highest BCUT2D eigenvalue weighted by atomic mass is 32.1. The summed E-state index contributed by atoms with van der Waals surface area (Å²) in [5.41, 5.74) is 2.16. The standard InChI is InChI=1S/C15H15N3S/c1-10(2)16-17-15-18(3)13-8-11-6-4-5-7-12(11)9-14(13)19-15/h4-9H,1-3H3. The van der Waals surface area contributed by atoms with Gasteiger partial charge in [0.15, 0.2) is 0 Å². The van der Waals surface area contributed by atoms with Crippen LogP contribution in [0.5, 0.6) is 0 Å². The van der Waals surface area contributed by atoms with Gasteiger partial charge in [0.25, 0.3) is 0 Å². The van der Waals surface area contributed by atoms with Gasteiger partial charge in [0.1, 0.15) is 0 Å². The monoisotopic (exact) mass is 269 g/mol. The van der Waals surface area contributed by atoms with Crippen molar-refractivity contribution in [2.45, 2.75) is 13.8 Å². The predicted octanol–water partition coefficient (Wildman–Crippen LogP) is 3.69. The first kappa shape index (κ1) is 12.1. The number of aryl methyl sites for hydroxylation is 1. The second kappa shape index (κ2) is 4.63. The Hall–Kier alpha value is -1.94. The van der Waals surface area contributed by atoms with Gasteiger partial charge in [-0.15, -0.1) is 5.10 Å². The molecule has 0 bridgehead atoms. The van der Waals surface area contributed by atoms with Crippen molar-refractivity contribution in [3.8, 4) is 0 Å². The lowest BCUT2D eigenvalue weighted by atomic mass is 10.1. The van der Waals surface area contributed by atoms with Crippen LogP contribution < -0.4 is 4.80 Å². The molecule has 19 heavy (non-hydrogen) atoms. The molecule has 0 N–H and O–H groups in total. The third kappa shape index (κ3) is 2.19. The van der Waals surface area contributed by atoms with Gasteiger partial charge < -0.3 is 4.57 Å². The van der Waals surface area contributed by atoms with Crippen LogP contribution in [0.3, 0.4) is 0 Å². The summed E-state index contributed by atoms with van der Waals surface area (Å²) in [6.45, 7) is 3.90. The molecule has 96 valence electrons. The van der Waals surface area contributed by atoms with Crippen molar-refractivity contribution in [1.29, 1.82) is 0 Å². The molecule has 0 saturated carbocycles. The zero-order chi connectivity index (χ0) is 13.4. The zero-order valence-electron chi connectivity index (χ0n) is 11.2. The van der Waals surface area contributed by atoms with E-state index in [4.69, 9.17) is 0 Å². The number of aromatic nitrogens is 1. The molecule has 0 amide bonds. The van der Waals surface area contributed by atoms with Crippen LogP contribution in [0.2, 0.25) is 0 Å². The molecule has 3 aromatic rings. The Bertz CT molecular complexity index is 849. The first-order valence-corrected chi connectivity index (χ1v) is 7.00. The Labute approximate surface area is 115 Å². The van der Waals surface area contributed by atoms with Crippen molar-refractivity contribution in [1.82, 2.24) is 4.57 Å². The molecule has 3 rings (SSSR count). The molecule has 1 aromatic heterocycles. The summed E-state index contributed by atoms with van der Waals surface area (Å²) in [6.07, 6.45) is 0. The second-order valence-corrected chi connectivity index (χ2v) is 5.77. The van der Waals surface area contributed by atoms with Crippen LogP contribution in [-0.4, -0.2) is 10.3 Å². The van der Waals surface area contributed by atoms with Crippen molar-refractivity contribution < 1.29 is 0 Å². The highest BCUT2D eigenvalue weighted by Crippen LogP contribution is 2.24. The van der Waals surface area contributed by atoms with Gasteiger partial charge in [-0.1, -0.05) is 35.6 Å². The van der Waals surface area contributed by atoms with E-state index in [1.165, 1.54) is 21.0 Å². The number of rotatable bonds is 1. The fraction of sp³-hybridized carbons (Fsp3) is 0.200. The highest BCUT2D eigenvalue weighted by Gasteiger charge is 2.04. The second-order valence-electron chi connectivity index (χ2n) is 4.76. The Balaban J connectivity index is 2.34. The fourth-order valence-electron chi connectivity index (χ4n) is 2.05. The van der Waals surface area contributed by atoms with E-state index in [9.17, 15) is 0 Å². The number of fused-ring (bicyclic) bond motifs is 2. The smallest absolute Gasteiger partial charge is 0.211 e. The summed E-state index contributed by atoms with van der Waals surface area (Å²) in [7, 11) is 2.03. The average molecular weight is 269 g/mol. The molecule has 0 saturated heterocycles. The summed E-state index contributed by atoms with van der Waals surface area (Å²) < 4.78 is 3.34. The van der Waals surface area contributed by atoms with Crippen LogP contribution in [0.4, 0.5) is 0 Å². The van der Waals surface area contributed by atoms with Gasteiger partial charge in [-0.25, -0.2) is 0 Å². The van der Waals surface area contributed by atoms with Gasteiger partial charge in [-0.05, 0) is 36.8 Å². The van der Waals surface area contributed by atoms with E-state index in [-0.39, 0.29) is 0 Å². The van der Waals surface area contributed by atoms with Crippen LogP contribution in [0.15, 0.2) is 46.6 Å².